The number of fused-ring (bicyclic) bond motifs is 1. The Labute approximate surface area is 165 Å². The second-order valence-corrected chi connectivity index (χ2v) is 8.53. The predicted molar refractivity (Wildman–Crippen MR) is 108 cm³/mol. The maximum atomic E-state index is 12.6. The van der Waals surface area contributed by atoms with E-state index in [0.29, 0.717) is 23.2 Å². The van der Waals surface area contributed by atoms with Crippen molar-refractivity contribution in [1.82, 2.24) is 14.7 Å². The van der Waals surface area contributed by atoms with E-state index in [1.807, 2.05) is 11.0 Å². The van der Waals surface area contributed by atoms with Crippen LogP contribution in [0.15, 0.2) is 36.4 Å². The van der Waals surface area contributed by atoms with Crippen LogP contribution < -0.4 is 0 Å². The molecule has 0 atom stereocenters. The van der Waals surface area contributed by atoms with Gasteiger partial charge < -0.3 is 4.90 Å². The Bertz CT molecular complexity index is 891. The van der Waals surface area contributed by atoms with Crippen LogP contribution in [-0.2, 0) is 13.1 Å². The van der Waals surface area contributed by atoms with Crippen LogP contribution in [0.5, 0.6) is 0 Å². The van der Waals surface area contributed by atoms with Crippen molar-refractivity contribution in [1.29, 1.82) is 0 Å². The molecule has 0 bridgehead atoms. The van der Waals surface area contributed by atoms with E-state index >= 15 is 0 Å². The zero-order chi connectivity index (χ0) is 18.5. The summed E-state index contributed by atoms with van der Waals surface area (Å²) >= 11 is 6.51. The molecule has 0 N–H and O–H groups in total. The Morgan fingerprint density at radius 2 is 1.85 bits per heavy atom. The molecule has 1 amide bonds. The highest BCUT2D eigenvalue weighted by Crippen LogP contribution is 2.39. The number of rotatable bonds is 4. The molecule has 2 aromatic rings. The highest BCUT2D eigenvalue weighted by atomic mass is 35.5. The largest absolute Gasteiger partial charge is 0.331 e. The smallest absolute Gasteiger partial charge is 0.256 e. The van der Waals surface area contributed by atoms with Crippen LogP contribution in [0, 0.1) is 0 Å². The molecule has 5 heteroatoms. The number of nitrogens with zero attached hydrogens (tertiary/aromatic N) is 3. The Kier molecular flexibility index (Phi) is 4.23. The van der Waals surface area contributed by atoms with Gasteiger partial charge in [-0.05, 0) is 54.3 Å². The monoisotopic (exact) mass is 381 g/mol. The summed E-state index contributed by atoms with van der Waals surface area (Å²) in [5.41, 5.74) is 5.35. The van der Waals surface area contributed by atoms with Crippen LogP contribution in [0.3, 0.4) is 0 Å². The lowest BCUT2D eigenvalue weighted by Gasteiger charge is -2.15. The first-order valence-electron chi connectivity index (χ1n) is 9.72. The van der Waals surface area contributed by atoms with Gasteiger partial charge in [0.15, 0.2) is 0 Å². The van der Waals surface area contributed by atoms with Crippen molar-refractivity contribution < 1.29 is 4.79 Å². The average Bonchev–Trinajstić information content (AvgIpc) is 3.33. The first-order chi connectivity index (χ1) is 13.1. The van der Waals surface area contributed by atoms with Crippen LogP contribution in [0.2, 0.25) is 5.02 Å². The van der Waals surface area contributed by atoms with Gasteiger partial charge in [0.05, 0.1) is 17.3 Å². The molecule has 140 valence electrons. The van der Waals surface area contributed by atoms with E-state index in [0.717, 1.165) is 55.8 Å². The molecular formula is C22H24ClN3O. The molecule has 5 rings (SSSR count). The average molecular weight is 382 g/mol. The van der Waals surface area contributed by atoms with Gasteiger partial charge in [0, 0.05) is 32.2 Å². The number of carbonyl (C=O) groups is 1. The summed E-state index contributed by atoms with van der Waals surface area (Å²) in [5, 5.41) is 0.583. The first-order valence-corrected chi connectivity index (χ1v) is 10.1. The summed E-state index contributed by atoms with van der Waals surface area (Å²) in [5.74, 6) is 0.106. The Hall–Kier alpha value is -1.88. The van der Waals surface area contributed by atoms with Crippen molar-refractivity contribution in [3.8, 4) is 11.1 Å². The fraction of sp³-hybridized carbons (Fsp3) is 0.409. The summed E-state index contributed by atoms with van der Waals surface area (Å²) in [6.07, 6.45) is 2.25. The predicted octanol–water partition coefficient (Wildman–Crippen LogP) is 3.83. The zero-order valence-electron chi connectivity index (χ0n) is 15.6. The normalized spacial score (nSPS) is 20.5. The third-order valence-electron chi connectivity index (χ3n) is 5.91. The molecular weight excluding hydrogens is 358 g/mol. The Morgan fingerprint density at radius 1 is 1.07 bits per heavy atom. The van der Waals surface area contributed by atoms with Crippen molar-refractivity contribution in [2.45, 2.75) is 32.0 Å². The van der Waals surface area contributed by atoms with E-state index < -0.39 is 0 Å². The van der Waals surface area contributed by atoms with E-state index in [2.05, 4.69) is 47.2 Å². The molecule has 2 aliphatic heterocycles. The van der Waals surface area contributed by atoms with Crippen LogP contribution >= 0.6 is 11.6 Å². The van der Waals surface area contributed by atoms with Crippen molar-refractivity contribution in [2.75, 3.05) is 26.8 Å². The summed E-state index contributed by atoms with van der Waals surface area (Å²) in [7, 11) is 2.16. The van der Waals surface area contributed by atoms with E-state index in [-0.39, 0.29) is 5.91 Å². The van der Waals surface area contributed by atoms with Gasteiger partial charge in [-0.3, -0.25) is 14.6 Å². The SMILES string of the molecule is CN1CCN(Cc2ccc(-c3cc(Cl)c4c(c3)CN(C3CC3)C4=O)cc2)C1. The minimum Gasteiger partial charge on any atom is -0.331 e. The molecule has 0 radical (unpaired) electrons. The maximum Gasteiger partial charge on any atom is 0.256 e. The lowest BCUT2D eigenvalue weighted by Crippen LogP contribution is -2.25. The first kappa shape index (κ1) is 17.2. The highest BCUT2D eigenvalue weighted by molar-refractivity contribution is 6.34. The second kappa shape index (κ2) is 6.62. The van der Waals surface area contributed by atoms with Gasteiger partial charge >= 0.3 is 0 Å². The minimum absolute atomic E-state index is 0.106. The lowest BCUT2D eigenvalue weighted by atomic mass is 9.99. The Balaban J connectivity index is 1.37. The molecule has 0 aromatic heterocycles. The molecule has 2 aromatic carbocycles. The fourth-order valence-corrected chi connectivity index (χ4v) is 4.58. The number of carbonyl (C=O) groups excluding carboxylic acids is 1. The van der Waals surface area contributed by atoms with E-state index in [1.54, 1.807) is 0 Å². The Morgan fingerprint density at radius 3 is 2.52 bits per heavy atom. The van der Waals surface area contributed by atoms with Crippen molar-refractivity contribution in [2.24, 2.45) is 0 Å². The summed E-state index contributed by atoms with van der Waals surface area (Å²) < 4.78 is 0. The lowest BCUT2D eigenvalue weighted by molar-refractivity contribution is 0.0767. The topological polar surface area (TPSA) is 26.8 Å². The summed E-state index contributed by atoms with van der Waals surface area (Å²) in [6, 6.07) is 13.3. The molecule has 0 unspecified atom stereocenters. The summed E-state index contributed by atoms with van der Waals surface area (Å²) in [6.45, 7) is 4.99. The maximum absolute atomic E-state index is 12.6. The second-order valence-electron chi connectivity index (χ2n) is 8.13. The number of halogens is 1. The van der Waals surface area contributed by atoms with Gasteiger partial charge in [-0.2, -0.15) is 0 Å². The molecule has 2 heterocycles. The third-order valence-corrected chi connectivity index (χ3v) is 6.21. The molecule has 2 fully saturated rings. The minimum atomic E-state index is 0.106. The third kappa shape index (κ3) is 3.27. The number of likely N-dealkylation sites (N-methyl/N-ethyl adjacent to an activating group) is 1. The van der Waals surface area contributed by atoms with Crippen LogP contribution in [-0.4, -0.2) is 53.5 Å². The van der Waals surface area contributed by atoms with E-state index in [1.165, 1.54) is 5.56 Å². The van der Waals surface area contributed by atoms with Gasteiger partial charge in [0.25, 0.3) is 5.91 Å². The molecule has 0 spiro atoms. The quantitative estimate of drug-likeness (QED) is 0.805. The molecule has 1 saturated carbocycles. The summed E-state index contributed by atoms with van der Waals surface area (Å²) in [4.78, 5) is 19.4. The molecule has 4 nitrogen and oxygen atoms in total. The number of amides is 1. The van der Waals surface area contributed by atoms with Gasteiger partial charge in [0.2, 0.25) is 0 Å². The van der Waals surface area contributed by atoms with Crippen molar-refractivity contribution >= 4 is 17.5 Å². The van der Waals surface area contributed by atoms with Gasteiger partial charge in [-0.15, -0.1) is 0 Å². The molecule has 3 aliphatic rings. The van der Waals surface area contributed by atoms with Crippen molar-refractivity contribution in [3.63, 3.8) is 0 Å². The highest BCUT2D eigenvalue weighted by Gasteiger charge is 2.39. The number of hydrogen-bond donors (Lipinski definition) is 0. The molecule has 1 saturated heterocycles. The zero-order valence-corrected chi connectivity index (χ0v) is 16.4. The van der Waals surface area contributed by atoms with E-state index in [9.17, 15) is 4.79 Å². The number of hydrogen-bond acceptors (Lipinski definition) is 3. The van der Waals surface area contributed by atoms with Crippen LogP contribution in [0.4, 0.5) is 0 Å². The standard InChI is InChI=1S/C22H24ClN3O/c1-24-8-9-25(14-24)12-15-2-4-16(5-3-15)17-10-18-13-26(19-6-7-19)22(27)21(18)20(23)11-17/h2-5,10-11,19H,6-9,12-14H2,1H3. The van der Waals surface area contributed by atoms with E-state index in [4.69, 9.17) is 11.6 Å². The molecule has 27 heavy (non-hydrogen) atoms. The fourth-order valence-electron chi connectivity index (χ4n) is 4.26. The number of benzene rings is 2. The van der Waals surface area contributed by atoms with Crippen LogP contribution in [0.1, 0.15) is 34.3 Å². The molecule has 1 aliphatic carbocycles. The van der Waals surface area contributed by atoms with Crippen molar-refractivity contribution in [3.05, 3.63) is 58.1 Å². The van der Waals surface area contributed by atoms with Gasteiger partial charge in [-0.1, -0.05) is 35.9 Å². The van der Waals surface area contributed by atoms with Crippen LogP contribution in [0.25, 0.3) is 11.1 Å². The van der Waals surface area contributed by atoms with Gasteiger partial charge in [0.1, 0.15) is 0 Å². The van der Waals surface area contributed by atoms with Gasteiger partial charge in [-0.25, -0.2) is 0 Å².